The van der Waals surface area contributed by atoms with Gasteiger partial charge in [-0.1, -0.05) is 49.4 Å². The Bertz CT molecular complexity index is 1070. The molecule has 0 radical (unpaired) electrons. The fourth-order valence-corrected chi connectivity index (χ4v) is 3.50. The molecule has 3 rings (SSSR count). The summed E-state index contributed by atoms with van der Waals surface area (Å²) in [5, 5.41) is 2.94. The number of rotatable bonds is 5. The molecule has 0 aliphatic heterocycles. The number of hydrogen-bond acceptors (Lipinski definition) is 2. The lowest BCUT2D eigenvalue weighted by Gasteiger charge is -2.20. The lowest BCUT2D eigenvalue weighted by molar-refractivity contribution is 0.102. The molecule has 28 heavy (non-hydrogen) atoms. The fourth-order valence-electron chi connectivity index (χ4n) is 3.50. The van der Waals surface area contributed by atoms with Crippen LogP contribution in [0.4, 0.5) is 5.69 Å². The maximum Gasteiger partial charge on any atom is 0.261 e. The first-order valence-electron chi connectivity index (χ1n) is 9.57. The third-order valence-electron chi connectivity index (χ3n) is 5.22. The molecule has 1 N–H and O–H groups in total. The smallest absolute Gasteiger partial charge is 0.261 e. The third kappa shape index (κ3) is 3.91. The van der Waals surface area contributed by atoms with E-state index in [0.29, 0.717) is 13.0 Å². The van der Waals surface area contributed by atoms with Crippen molar-refractivity contribution in [2.75, 3.05) is 5.32 Å². The highest BCUT2D eigenvalue weighted by Crippen LogP contribution is 2.20. The average molecular weight is 374 g/mol. The van der Waals surface area contributed by atoms with Crippen molar-refractivity contribution in [3.8, 4) is 0 Å². The lowest BCUT2D eigenvalue weighted by Crippen LogP contribution is -2.28. The SMILES string of the molecule is CCc1c(C(=O)Nc2cccc(C)c2C)c(=O)cc(C)n1Cc1ccccc1. The van der Waals surface area contributed by atoms with Gasteiger partial charge in [0.25, 0.3) is 5.91 Å². The van der Waals surface area contributed by atoms with Gasteiger partial charge in [0.2, 0.25) is 0 Å². The minimum Gasteiger partial charge on any atom is -0.343 e. The van der Waals surface area contributed by atoms with Gasteiger partial charge in [0.1, 0.15) is 5.56 Å². The zero-order chi connectivity index (χ0) is 20.3. The van der Waals surface area contributed by atoms with Gasteiger partial charge in [0.15, 0.2) is 5.43 Å². The van der Waals surface area contributed by atoms with Crippen LogP contribution in [0.5, 0.6) is 0 Å². The molecule has 4 heteroatoms. The molecule has 1 amide bonds. The van der Waals surface area contributed by atoms with Crippen LogP contribution in [0, 0.1) is 20.8 Å². The highest BCUT2D eigenvalue weighted by molar-refractivity contribution is 6.05. The van der Waals surface area contributed by atoms with Gasteiger partial charge in [0, 0.05) is 29.7 Å². The van der Waals surface area contributed by atoms with Crippen LogP contribution < -0.4 is 10.7 Å². The molecule has 1 heterocycles. The maximum absolute atomic E-state index is 13.1. The van der Waals surface area contributed by atoms with Crippen LogP contribution in [0.1, 0.15) is 45.4 Å². The van der Waals surface area contributed by atoms with Crippen molar-refractivity contribution in [1.29, 1.82) is 0 Å². The van der Waals surface area contributed by atoms with Crippen LogP contribution in [-0.2, 0) is 13.0 Å². The van der Waals surface area contributed by atoms with Crippen LogP contribution in [0.3, 0.4) is 0 Å². The van der Waals surface area contributed by atoms with Crippen LogP contribution in [0.25, 0.3) is 0 Å². The molecule has 0 bridgehead atoms. The Morgan fingerprint density at radius 2 is 1.71 bits per heavy atom. The van der Waals surface area contributed by atoms with E-state index in [-0.39, 0.29) is 16.9 Å². The lowest BCUT2D eigenvalue weighted by atomic mass is 10.1. The van der Waals surface area contributed by atoms with Crippen LogP contribution >= 0.6 is 0 Å². The number of aromatic nitrogens is 1. The Balaban J connectivity index is 2.05. The molecule has 1 aromatic heterocycles. The Kier molecular flexibility index (Phi) is 5.78. The van der Waals surface area contributed by atoms with Gasteiger partial charge >= 0.3 is 0 Å². The van der Waals surface area contributed by atoms with E-state index in [2.05, 4.69) is 9.88 Å². The highest BCUT2D eigenvalue weighted by Gasteiger charge is 2.20. The Hall–Kier alpha value is -3.14. The molecule has 0 atom stereocenters. The third-order valence-corrected chi connectivity index (χ3v) is 5.22. The largest absolute Gasteiger partial charge is 0.343 e. The van der Waals surface area contributed by atoms with Crippen molar-refractivity contribution in [2.45, 2.75) is 40.7 Å². The van der Waals surface area contributed by atoms with E-state index in [1.165, 1.54) is 0 Å². The van der Waals surface area contributed by atoms with E-state index >= 15 is 0 Å². The van der Waals surface area contributed by atoms with Gasteiger partial charge in [-0.2, -0.15) is 0 Å². The number of aryl methyl sites for hydroxylation is 2. The molecular weight excluding hydrogens is 348 g/mol. The van der Waals surface area contributed by atoms with Crippen molar-refractivity contribution in [2.24, 2.45) is 0 Å². The quantitative estimate of drug-likeness (QED) is 0.707. The van der Waals surface area contributed by atoms with Gasteiger partial charge in [0.05, 0.1) is 0 Å². The van der Waals surface area contributed by atoms with Crippen molar-refractivity contribution in [3.63, 3.8) is 0 Å². The number of anilines is 1. The molecule has 2 aromatic carbocycles. The topological polar surface area (TPSA) is 51.1 Å². The summed E-state index contributed by atoms with van der Waals surface area (Å²) in [6.07, 6.45) is 0.597. The molecule has 3 aromatic rings. The first kappa shape index (κ1) is 19.6. The Labute approximate surface area is 165 Å². The molecule has 0 saturated heterocycles. The zero-order valence-corrected chi connectivity index (χ0v) is 16.9. The molecule has 4 nitrogen and oxygen atoms in total. The van der Waals surface area contributed by atoms with Gasteiger partial charge in [-0.05, 0) is 49.9 Å². The van der Waals surface area contributed by atoms with Crippen molar-refractivity contribution < 1.29 is 4.79 Å². The van der Waals surface area contributed by atoms with Crippen LogP contribution in [0.15, 0.2) is 59.4 Å². The Morgan fingerprint density at radius 3 is 2.39 bits per heavy atom. The number of carbonyl (C=O) groups is 1. The van der Waals surface area contributed by atoms with Crippen molar-refractivity contribution >= 4 is 11.6 Å². The van der Waals surface area contributed by atoms with Crippen LogP contribution in [0.2, 0.25) is 0 Å². The predicted molar refractivity (Wildman–Crippen MR) is 114 cm³/mol. The monoisotopic (exact) mass is 374 g/mol. The van der Waals surface area contributed by atoms with Gasteiger partial charge in [-0.25, -0.2) is 0 Å². The van der Waals surface area contributed by atoms with E-state index < -0.39 is 0 Å². The normalized spacial score (nSPS) is 10.7. The molecule has 0 aliphatic rings. The number of pyridine rings is 1. The summed E-state index contributed by atoms with van der Waals surface area (Å²) in [7, 11) is 0. The number of amides is 1. The second-order valence-corrected chi connectivity index (χ2v) is 7.10. The average Bonchev–Trinajstić information content (AvgIpc) is 2.68. The van der Waals surface area contributed by atoms with Gasteiger partial charge < -0.3 is 9.88 Å². The first-order chi connectivity index (χ1) is 13.4. The van der Waals surface area contributed by atoms with Crippen molar-refractivity contribution in [1.82, 2.24) is 4.57 Å². The second-order valence-electron chi connectivity index (χ2n) is 7.10. The minimum atomic E-state index is -0.350. The van der Waals surface area contributed by atoms with Gasteiger partial charge in [-0.15, -0.1) is 0 Å². The molecule has 144 valence electrons. The highest BCUT2D eigenvalue weighted by atomic mass is 16.2. The number of nitrogens with zero attached hydrogens (tertiary/aromatic N) is 1. The Morgan fingerprint density at radius 1 is 1.00 bits per heavy atom. The summed E-state index contributed by atoms with van der Waals surface area (Å²) in [5.74, 6) is -0.350. The summed E-state index contributed by atoms with van der Waals surface area (Å²) < 4.78 is 2.06. The molecule has 0 saturated carbocycles. The predicted octanol–water partition coefficient (Wildman–Crippen LogP) is 4.64. The molecule has 0 unspecified atom stereocenters. The van der Waals surface area contributed by atoms with E-state index in [1.54, 1.807) is 6.07 Å². The molecule has 0 aliphatic carbocycles. The molecular formula is C24H26N2O2. The number of carbonyl (C=O) groups excluding carboxylic acids is 1. The summed E-state index contributed by atoms with van der Waals surface area (Å²) in [4.78, 5) is 25.8. The number of nitrogens with one attached hydrogen (secondary N) is 1. The number of hydrogen-bond donors (Lipinski definition) is 1. The standard InChI is InChI=1S/C24H26N2O2/c1-5-21-23(24(28)25-20-13-9-10-16(2)18(20)4)22(27)14-17(3)26(21)15-19-11-7-6-8-12-19/h6-14H,5,15H2,1-4H3,(H,25,28). The minimum absolute atomic E-state index is 0.227. The van der Waals surface area contributed by atoms with Crippen molar-refractivity contribution in [3.05, 3.63) is 98.5 Å². The molecule has 0 spiro atoms. The van der Waals surface area contributed by atoms with Crippen LogP contribution in [-0.4, -0.2) is 10.5 Å². The van der Waals surface area contributed by atoms with E-state index in [9.17, 15) is 9.59 Å². The molecule has 0 fully saturated rings. The van der Waals surface area contributed by atoms with E-state index in [1.807, 2.05) is 76.2 Å². The first-order valence-corrected chi connectivity index (χ1v) is 9.57. The maximum atomic E-state index is 13.1. The van der Waals surface area contributed by atoms with E-state index in [4.69, 9.17) is 0 Å². The summed E-state index contributed by atoms with van der Waals surface area (Å²) in [6.45, 7) is 8.48. The summed E-state index contributed by atoms with van der Waals surface area (Å²) >= 11 is 0. The zero-order valence-electron chi connectivity index (χ0n) is 16.9. The summed E-state index contributed by atoms with van der Waals surface area (Å²) in [6, 6.07) is 17.4. The number of benzene rings is 2. The fraction of sp³-hybridized carbons (Fsp3) is 0.250. The van der Waals surface area contributed by atoms with E-state index in [0.717, 1.165) is 33.8 Å². The second kappa shape index (κ2) is 8.26. The summed E-state index contributed by atoms with van der Waals surface area (Å²) in [5.41, 5.74) is 5.58. The van der Waals surface area contributed by atoms with Gasteiger partial charge in [-0.3, -0.25) is 9.59 Å².